The molecule has 0 aromatic heterocycles. The number of sulfonamides is 1. The lowest BCUT2D eigenvalue weighted by Crippen LogP contribution is -2.32. The van der Waals surface area contributed by atoms with E-state index < -0.39 is 20.6 Å². The van der Waals surface area contributed by atoms with Crippen molar-refractivity contribution >= 4 is 15.7 Å². The standard InChI is InChI=1S/C13H20N2O4S/c1-3-4-5-8-11(2)14-20(18,19)13-10-7-6-9-12(13)15(16)17/h6-7,9-11,14H,3-5,8H2,1-2H3. The number of hydrogen-bond acceptors (Lipinski definition) is 4. The van der Waals surface area contributed by atoms with Crippen LogP contribution < -0.4 is 4.72 Å². The van der Waals surface area contributed by atoms with Gasteiger partial charge in [-0.25, -0.2) is 13.1 Å². The highest BCUT2D eigenvalue weighted by Crippen LogP contribution is 2.23. The van der Waals surface area contributed by atoms with Gasteiger partial charge in [-0.3, -0.25) is 10.1 Å². The first kappa shape index (κ1) is 16.6. The van der Waals surface area contributed by atoms with Gasteiger partial charge in [0.1, 0.15) is 0 Å². The molecule has 1 unspecified atom stereocenters. The van der Waals surface area contributed by atoms with Gasteiger partial charge in [-0.1, -0.05) is 38.3 Å². The molecule has 0 saturated heterocycles. The molecule has 112 valence electrons. The summed E-state index contributed by atoms with van der Waals surface area (Å²) in [5.74, 6) is 0. The van der Waals surface area contributed by atoms with Crippen molar-refractivity contribution in [2.45, 2.75) is 50.5 Å². The van der Waals surface area contributed by atoms with Gasteiger partial charge in [-0.2, -0.15) is 0 Å². The lowest BCUT2D eigenvalue weighted by Gasteiger charge is -2.14. The molecule has 1 atom stereocenters. The average Bonchev–Trinajstić information content (AvgIpc) is 2.38. The predicted molar refractivity (Wildman–Crippen MR) is 77.0 cm³/mol. The van der Waals surface area contributed by atoms with Crippen LogP contribution in [-0.4, -0.2) is 19.4 Å². The minimum Gasteiger partial charge on any atom is -0.258 e. The maximum Gasteiger partial charge on any atom is 0.289 e. The third kappa shape index (κ3) is 4.57. The van der Waals surface area contributed by atoms with Crippen molar-refractivity contribution in [3.05, 3.63) is 34.4 Å². The van der Waals surface area contributed by atoms with Crippen molar-refractivity contribution in [2.24, 2.45) is 0 Å². The van der Waals surface area contributed by atoms with Gasteiger partial charge in [-0.05, 0) is 19.4 Å². The highest BCUT2D eigenvalue weighted by Gasteiger charge is 2.26. The third-order valence-electron chi connectivity index (χ3n) is 2.95. The van der Waals surface area contributed by atoms with Gasteiger partial charge in [0, 0.05) is 12.1 Å². The number of unbranched alkanes of at least 4 members (excludes halogenated alkanes) is 2. The molecular formula is C13H20N2O4S. The Hall–Kier alpha value is -1.47. The summed E-state index contributed by atoms with van der Waals surface area (Å²) >= 11 is 0. The van der Waals surface area contributed by atoms with E-state index in [0.717, 1.165) is 19.3 Å². The lowest BCUT2D eigenvalue weighted by atomic mass is 10.1. The Bertz CT molecular complexity index is 557. The zero-order valence-corrected chi connectivity index (χ0v) is 12.5. The van der Waals surface area contributed by atoms with Gasteiger partial charge in [0.25, 0.3) is 5.69 Å². The summed E-state index contributed by atoms with van der Waals surface area (Å²) in [6, 6.07) is 5.12. The summed E-state index contributed by atoms with van der Waals surface area (Å²) in [6.07, 6.45) is 3.74. The largest absolute Gasteiger partial charge is 0.289 e. The van der Waals surface area contributed by atoms with E-state index in [2.05, 4.69) is 11.6 Å². The summed E-state index contributed by atoms with van der Waals surface area (Å²) in [4.78, 5) is 9.91. The zero-order valence-electron chi connectivity index (χ0n) is 11.7. The highest BCUT2D eigenvalue weighted by molar-refractivity contribution is 7.89. The summed E-state index contributed by atoms with van der Waals surface area (Å²) in [6.45, 7) is 3.84. The fourth-order valence-electron chi connectivity index (χ4n) is 1.92. The molecule has 1 aromatic rings. The van der Waals surface area contributed by atoms with Crippen molar-refractivity contribution in [2.75, 3.05) is 0 Å². The lowest BCUT2D eigenvalue weighted by molar-refractivity contribution is -0.387. The highest BCUT2D eigenvalue weighted by atomic mass is 32.2. The van der Waals surface area contributed by atoms with Crippen LogP contribution in [0.5, 0.6) is 0 Å². The second-order valence-corrected chi connectivity index (χ2v) is 6.43. The van der Waals surface area contributed by atoms with E-state index in [1.807, 2.05) is 0 Å². The fourth-order valence-corrected chi connectivity index (χ4v) is 3.37. The number of nitro groups is 1. The molecular weight excluding hydrogens is 280 g/mol. The Labute approximate surface area is 119 Å². The smallest absolute Gasteiger partial charge is 0.258 e. The van der Waals surface area contributed by atoms with E-state index in [1.165, 1.54) is 24.3 Å². The predicted octanol–water partition coefficient (Wildman–Crippen LogP) is 2.84. The summed E-state index contributed by atoms with van der Waals surface area (Å²) in [5, 5.41) is 10.9. The van der Waals surface area contributed by atoms with Crippen LogP contribution in [0, 0.1) is 10.1 Å². The van der Waals surface area contributed by atoms with Crippen LogP contribution in [0.2, 0.25) is 0 Å². The Morgan fingerprint density at radius 3 is 2.55 bits per heavy atom. The van der Waals surface area contributed by atoms with Gasteiger partial charge < -0.3 is 0 Å². The van der Waals surface area contributed by atoms with Crippen LogP contribution >= 0.6 is 0 Å². The van der Waals surface area contributed by atoms with E-state index >= 15 is 0 Å². The first-order valence-corrected chi connectivity index (χ1v) is 8.12. The molecule has 1 rings (SSSR count). The number of nitro benzene ring substituents is 1. The first-order chi connectivity index (χ1) is 9.38. The van der Waals surface area contributed by atoms with Crippen LogP contribution in [0.1, 0.15) is 39.5 Å². The molecule has 0 spiro atoms. The molecule has 0 radical (unpaired) electrons. The number of hydrogen-bond donors (Lipinski definition) is 1. The van der Waals surface area contributed by atoms with Crippen LogP contribution in [-0.2, 0) is 10.0 Å². The number of nitrogens with one attached hydrogen (secondary N) is 1. The average molecular weight is 300 g/mol. The molecule has 0 aliphatic rings. The quantitative estimate of drug-likeness (QED) is 0.454. The first-order valence-electron chi connectivity index (χ1n) is 6.64. The van der Waals surface area contributed by atoms with Gasteiger partial charge in [0.15, 0.2) is 4.90 Å². The van der Waals surface area contributed by atoms with Crippen molar-refractivity contribution in [1.82, 2.24) is 4.72 Å². The minimum atomic E-state index is -3.86. The molecule has 0 saturated carbocycles. The Balaban J connectivity index is 2.86. The molecule has 0 amide bonds. The minimum absolute atomic E-state index is 0.244. The second-order valence-electron chi connectivity index (χ2n) is 4.74. The number of benzene rings is 1. The number of nitrogens with zero attached hydrogens (tertiary/aromatic N) is 1. The van der Waals surface area contributed by atoms with E-state index in [9.17, 15) is 18.5 Å². The topological polar surface area (TPSA) is 89.3 Å². The summed E-state index contributed by atoms with van der Waals surface area (Å²) in [7, 11) is -3.86. The molecule has 1 N–H and O–H groups in total. The molecule has 0 bridgehead atoms. The Kier molecular flexibility index (Phi) is 6.09. The Morgan fingerprint density at radius 1 is 1.30 bits per heavy atom. The van der Waals surface area contributed by atoms with Crippen molar-refractivity contribution in [3.8, 4) is 0 Å². The third-order valence-corrected chi connectivity index (χ3v) is 4.59. The van der Waals surface area contributed by atoms with Gasteiger partial charge in [0.05, 0.1) is 4.92 Å². The molecule has 0 aliphatic heterocycles. The maximum atomic E-state index is 12.2. The molecule has 7 heteroatoms. The zero-order chi connectivity index (χ0) is 15.2. The fraction of sp³-hybridized carbons (Fsp3) is 0.538. The van der Waals surface area contributed by atoms with E-state index in [0.29, 0.717) is 6.42 Å². The monoisotopic (exact) mass is 300 g/mol. The van der Waals surface area contributed by atoms with Crippen molar-refractivity contribution < 1.29 is 13.3 Å². The van der Waals surface area contributed by atoms with Crippen LogP contribution in [0.25, 0.3) is 0 Å². The number of rotatable bonds is 8. The van der Waals surface area contributed by atoms with E-state index in [4.69, 9.17) is 0 Å². The molecule has 20 heavy (non-hydrogen) atoms. The molecule has 1 aromatic carbocycles. The van der Waals surface area contributed by atoms with Gasteiger partial charge in [-0.15, -0.1) is 0 Å². The van der Waals surface area contributed by atoms with Gasteiger partial charge >= 0.3 is 0 Å². The summed E-state index contributed by atoms with van der Waals surface area (Å²) in [5.41, 5.74) is -0.402. The van der Waals surface area contributed by atoms with Crippen LogP contribution in [0.15, 0.2) is 29.2 Å². The van der Waals surface area contributed by atoms with E-state index in [-0.39, 0.29) is 10.9 Å². The van der Waals surface area contributed by atoms with Crippen molar-refractivity contribution in [1.29, 1.82) is 0 Å². The van der Waals surface area contributed by atoms with Crippen molar-refractivity contribution in [3.63, 3.8) is 0 Å². The Morgan fingerprint density at radius 2 is 1.95 bits per heavy atom. The second kappa shape index (κ2) is 7.35. The molecule has 6 nitrogen and oxygen atoms in total. The SMILES string of the molecule is CCCCCC(C)NS(=O)(=O)c1ccccc1[N+](=O)[O-]. The number of para-hydroxylation sites is 1. The summed E-state index contributed by atoms with van der Waals surface area (Å²) < 4.78 is 26.9. The maximum absolute atomic E-state index is 12.2. The molecule has 0 fully saturated rings. The molecule has 0 heterocycles. The van der Waals surface area contributed by atoms with E-state index in [1.54, 1.807) is 6.92 Å². The van der Waals surface area contributed by atoms with Crippen LogP contribution in [0.4, 0.5) is 5.69 Å². The molecule has 0 aliphatic carbocycles. The van der Waals surface area contributed by atoms with Crippen LogP contribution in [0.3, 0.4) is 0 Å². The van der Waals surface area contributed by atoms with Gasteiger partial charge in [0.2, 0.25) is 10.0 Å². The normalized spacial score (nSPS) is 13.1.